The highest BCUT2D eigenvalue weighted by molar-refractivity contribution is 7.89. The Kier molecular flexibility index (Phi) is 6.89. The van der Waals surface area contributed by atoms with Crippen LogP contribution in [0.2, 0.25) is 0 Å². The Morgan fingerprint density at radius 2 is 1.97 bits per heavy atom. The van der Waals surface area contributed by atoms with Gasteiger partial charge in [0.1, 0.15) is 6.04 Å². The number of amides is 1. The van der Waals surface area contributed by atoms with E-state index >= 15 is 0 Å². The second-order valence-electron chi connectivity index (χ2n) is 7.78. The van der Waals surface area contributed by atoms with E-state index in [0.29, 0.717) is 48.0 Å². The second-order valence-corrected chi connectivity index (χ2v) is 11.1. The van der Waals surface area contributed by atoms with E-state index in [1.54, 1.807) is 41.8 Å². The molecule has 1 saturated heterocycles. The van der Waals surface area contributed by atoms with Crippen LogP contribution in [-0.2, 0) is 14.8 Å². The minimum atomic E-state index is -3.47. The summed E-state index contributed by atoms with van der Waals surface area (Å²) in [6, 6.07) is 11.8. The van der Waals surface area contributed by atoms with Crippen LogP contribution in [0.15, 0.2) is 52.7 Å². The fourth-order valence-corrected chi connectivity index (χ4v) is 6.34. The number of thiophene rings is 1. The van der Waals surface area contributed by atoms with E-state index < -0.39 is 16.1 Å². The number of rotatable bonds is 7. The van der Waals surface area contributed by atoms with E-state index in [4.69, 9.17) is 12.2 Å². The molecule has 1 amide bonds. The zero-order valence-electron chi connectivity index (χ0n) is 17.6. The van der Waals surface area contributed by atoms with Crippen molar-refractivity contribution in [2.75, 3.05) is 19.6 Å². The van der Waals surface area contributed by atoms with Crippen molar-refractivity contribution in [3.05, 3.63) is 52.6 Å². The van der Waals surface area contributed by atoms with Crippen LogP contribution in [0.1, 0.15) is 25.8 Å². The molecule has 4 rings (SSSR count). The lowest BCUT2D eigenvalue weighted by molar-refractivity contribution is -0.124. The molecule has 3 aromatic rings. The lowest BCUT2D eigenvalue weighted by Crippen LogP contribution is -2.42. The van der Waals surface area contributed by atoms with E-state index in [2.05, 4.69) is 15.5 Å². The van der Waals surface area contributed by atoms with Gasteiger partial charge >= 0.3 is 0 Å². The van der Waals surface area contributed by atoms with Crippen LogP contribution < -0.4 is 5.32 Å². The van der Waals surface area contributed by atoms with Crippen molar-refractivity contribution < 1.29 is 13.2 Å². The van der Waals surface area contributed by atoms with Crippen LogP contribution in [0.25, 0.3) is 10.7 Å². The lowest BCUT2D eigenvalue weighted by atomic mass is 9.98. The summed E-state index contributed by atoms with van der Waals surface area (Å²) in [7, 11) is -3.47. The average molecular weight is 492 g/mol. The van der Waals surface area contributed by atoms with E-state index in [1.807, 2.05) is 17.5 Å². The summed E-state index contributed by atoms with van der Waals surface area (Å²) in [5.41, 5.74) is 0. The molecule has 1 atom stereocenters. The quantitative estimate of drug-likeness (QED) is 0.493. The monoisotopic (exact) mass is 491 g/mol. The second kappa shape index (κ2) is 9.65. The summed E-state index contributed by atoms with van der Waals surface area (Å²) in [5.74, 6) is 0.731. The molecule has 0 bridgehead atoms. The highest BCUT2D eigenvalue weighted by Crippen LogP contribution is 2.26. The zero-order valence-corrected chi connectivity index (χ0v) is 20.0. The number of benzene rings is 1. The Morgan fingerprint density at radius 1 is 1.25 bits per heavy atom. The molecular weight excluding hydrogens is 466 g/mol. The average Bonchev–Trinajstić information content (AvgIpc) is 3.47. The van der Waals surface area contributed by atoms with Gasteiger partial charge in [-0.25, -0.2) is 8.42 Å². The van der Waals surface area contributed by atoms with Crippen LogP contribution in [0.4, 0.5) is 0 Å². The van der Waals surface area contributed by atoms with Gasteiger partial charge in [-0.2, -0.15) is 9.40 Å². The van der Waals surface area contributed by atoms with Gasteiger partial charge in [0, 0.05) is 19.6 Å². The van der Waals surface area contributed by atoms with Crippen molar-refractivity contribution in [1.82, 2.24) is 24.4 Å². The van der Waals surface area contributed by atoms with Gasteiger partial charge in [-0.3, -0.25) is 14.5 Å². The number of hydrogen-bond acceptors (Lipinski definition) is 6. The van der Waals surface area contributed by atoms with Crippen molar-refractivity contribution in [2.24, 2.45) is 5.92 Å². The van der Waals surface area contributed by atoms with Gasteiger partial charge < -0.3 is 5.32 Å². The number of nitrogens with one attached hydrogen (secondary N) is 2. The number of H-pyrrole nitrogens is 1. The first kappa shape index (κ1) is 22.8. The normalized spacial score (nSPS) is 16.7. The number of hydrogen-bond donors (Lipinski definition) is 2. The van der Waals surface area contributed by atoms with E-state index in [0.717, 1.165) is 4.88 Å². The summed E-state index contributed by atoms with van der Waals surface area (Å²) in [5, 5.41) is 12.0. The van der Waals surface area contributed by atoms with Gasteiger partial charge in [0.05, 0.1) is 9.77 Å². The fourth-order valence-electron chi connectivity index (χ4n) is 3.85. The molecule has 2 N–H and O–H groups in total. The first-order chi connectivity index (χ1) is 15.4. The van der Waals surface area contributed by atoms with Crippen molar-refractivity contribution in [2.45, 2.75) is 30.7 Å². The molecule has 1 aliphatic rings. The van der Waals surface area contributed by atoms with Gasteiger partial charge in [-0.1, -0.05) is 24.3 Å². The summed E-state index contributed by atoms with van der Waals surface area (Å²) in [6.45, 7) is 3.19. The molecule has 1 aromatic carbocycles. The molecule has 1 fully saturated rings. The number of carbonyl (C=O) groups excluding carboxylic acids is 1. The molecule has 3 heterocycles. The van der Waals surface area contributed by atoms with Crippen LogP contribution >= 0.6 is 23.6 Å². The Labute approximate surface area is 196 Å². The number of carbonyl (C=O) groups is 1. The van der Waals surface area contributed by atoms with Gasteiger partial charge in [0.2, 0.25) is 15.9 Å². The minimum absolute atomic E-state index is 0.139. The third kappa shape index (κ3) is 4.70. The maximum absolute atomic E-state index is 12.8. The number of piperidine rings is 1. The first-order valence-electron chi connectivity index (χ1n) is 10.4. The SMILES string of the molecule is CC(C(=O)NCC1CCN(S(=O)(=O)c2ccccc2)CC1)n1c(-c2cccs2)n[nH]c1=S. The molecule has 1 aliphatic heterocycles. The van der Waals surface area contributed by atoms with Crippen molar-refractivity contribution in [3.63, 3.8) is 0 Å². The number of nitrogens with zero attached hydrogens (tertiary/aromatic N) is 3. The smallest absolute Gasteiger partial charge is 0.243 e. The number of sulfonamides is 1. The van der Waals surface area contributed by atoms with E-state index in [-0.39, 0.29) is 11.8 Å². The Balaban J connectivity index is 1.33. The Hall–Kier alpha value is -2.34. The molecule has 0 radical (unpaired) electrons. The molecule has 8 nitrogen and oxygen atoms in total. The van der Waals surface area contributed by atoms with Crippen molar-refractivity contribution in [1.29, 1.82) is 0 Å². The summed E-state index contributed by atoms with van der Waals surface area (Å²) in [4.78, 5) is 14.1. The molecule has 11 heteroatoms. The van der Waals surface area contributed by atoms with E-state index in [1.165, 1.54) is 15.6 Å². The minimum Gasteiger partial charge on any atom is -0.354 e. The predicted molar refractivity (Wildman–Crippen MR) is 126 cm³/mol. The summed E-state index contributed by atoms with van der Waals surface area (Å²) in [6.07, 6.45) is 1.40. The number of aromatic nitrogens is 3. The Morgan fingerprint density at radius 3 is 2.62 bits per heavy atom. The zero-order chi connectivity index (χ0) is 22.7. The standard InChI is InChI=1S/C21H25N5O3S3/c1-15(26-19(23-24-21(26)30)18-8-5-13-31-18)20(27)22-14-16-9-11-25(12-10-16)32(28,29)17-6-3-2-4-7-17/h2-8,13,15-16H,9-12,14H2,1H3,(H,22,27)(H,24,30). The van der Waals surface area contributed by atoms with Crippen LogP contribution in [0.3, 0.4) is 0 Å². The molecule has 32 heavy (non-hydrogen) atoms. The topological polar surface area (TPSA) is 100 Å². The maximum atomic E-state index is 12.8. The van der Waals surface area contributed by atoms with Crippen molar-refractivity contribution >= 4 is 39.5 Å². The molecule has 2 aromatic heterocycles. The highest BCUT2D eigenvalue weighted by atomic mass is 32.2. The van der Waals surface area contributed by atoms with Gasteiger partial charge in [0.25, 0.3) is 0 Å². The highest BCUT2D eigenvalue weighted by Gasteiger charge is 2.30. The molecule has 0 aliphatic carbocycles. The molecular formula is C21H25N5O3S3. The molecule has 1 unspecified atom stereocenters. The van der Waals surface area contributed by atoms with Gasteiger partial charge in [-0.05, 0) is 61.5 Å². The van der Waals surface area contributed by atoms with Crippen LogP contribution in [0, 0.1) is 10.7 Å². The van der Waals surface area contributed by atoms with Crippen LogP contribution in [-0.4, -0.2) is 53.0 Å². The Bertz CT molecular complexity index is 1210. The van der Waals surface area contributed by atoms with Gasteiger partial charge in [-0.15, -0.1) is 11.3 Å². The summed E-state index contributed by atoms with van der Waals surface area (Å²) < 4.78 is 29.2. The maximum Gasteiger partial charge on any atom is 0.243 e. The largest absolute Gasteiger partial charge is 0.354 e. The third-order valence-corrected chi connectivity index (χ3v) is 8.80. The van der Waals surface area contributed by atoms with Crippen LogP contribution in [0.5, 0.6) is 0 Å². The summed E-state index contributed by atoms with van der Waals surface area (Å²) >= 11 is 6.88. The van der Waals surface area contributed by atoms with Gasteiger partial charge in [0.15, 0.2) is 10.6 Å². The van der Waals surface area contributed by atoms with E-state index in [9.17, 15) is 13.2 Å². The molecule has 170 valence electrons. The van der Waals surface area contributed by atoms with Crippen molar-refractivity contribution in [3.8, 4) is 10.7 Å². The predicted octanol–water partition coefficient (Wildman–Crippen LogP) is 3.45. The molecule has 0 saturated carbocycles. The fraction of sp³-hybridized carbons (Fsp3) is 0.381. The third-order valence-electron chi connectivity index (χ3n) is 5.73. The molecule has 0 spiro atoms. The number of aromatic amines is 1. The first-order valence-corrected chi connectivity index (χ1v) is 13.1. The lowest BCUT2D eigenvalue weighted by Gasteiger charge is -2.31.